The average Bonchev–Trinajstić information content (AvgIpc) is 3.32. The normalized spacial score (nSPS) is 18.8. The van der Waals surface area contributed by atoms with Crippen LogP contribution in [-0.4, -0.2) is 21.9 Å². The molecule has 1 aliphatic heterocycles. The number of para-hydroxylation sites is 1. The van der Waals surface area contributed by atoms with Crippen LogP contribution in [-0.2, 0) is 0 Å². The molecule has 3 heterocycles. The largest absolute Gasteiger partial charge is 0.467 e. The van der Waals surface area contributed by atoms with E-state index in [0.29, 0.717) is 11.4 Å². The molecule has 1 amide bonds. The number of furan rings is 1. The molecule has 2 aromatic heterocycles. The zero-order valence-electron chi connectivity index (χ0n) is 15.7. The van der Waals surface area contributed by atoms with Gasteiger partial charge < -0.3 is 15.1 Å². The summed E-state index contributed by atoms with van der Waals surface area (Å²) in [7, 11) is 0. The fourth-order valence-corrected chi connectivity index (χ4v) is 3.55. The molecule has 0 bridgehead atoms. The van der Waals surface area contributed by atoms with E-state index in [1.807, 2.05) is 32.0 Å². The number of nitrogens with zero attached hydrogens (tertiary/aromatic N) is 2. The van der Waals surface area contributed by atoms with Crippen LogP contribution in [0.3, 0.4) is 0 Å². The van der Waals surface area contributed by atoms with Gasteiger partial charge in [0.2, 0.25) is 0 Å². The molecule has 3 aromatic rings. The first-order valence-corrected chi connectivity index (χ1v) is 9.08. The highest BCUT2D eigenvalue weighted by atomic mass is 19.4. The molecule has 2 N–H and O–H groups in total. The van der Waals surface area contributed by atoms with Crippen molar-refractivity contribution in [2.75, 3.05) is 10.6 Å². The summed E-state index contributed by atoms with van der Waals surface area (Å²) < 4.78 is 47.1. The van der Waals surface area contributed by atoms with E-state index in [2.05, 4.69) is 15.7 Å². The maximum absolute atomic E-state index is 13.7. The lowest BCUT2D eigenvalue weighted by Gasteiger charge is -2.32. The minimum atomic E-state index is -4.52. The van der Waals surface area contributed by atoms with Crippen LogP contribution in [0.2, 0.25) is 0 Å². The fraction of sp³-hybridized carbons (Fsp3) is 0.300. The van der Waals surface area contributed by atoms with E-state index in [0.717, 1.165) is 15.8 Å². The lowest BCUT2D eigenvalue weighted by atomic mass is 10.0. The third-order valence-corrected chi connectivity index (χ3v) is 5.03. The first-order chi connectivity index (χ1) is 13.7. The second-order valence-electron chi connectivity index (χ2n) is 7.09. The van der Waals surface area contributed by atoms with Gasteiger partial charge in [-0.2, -0.15) is 18.3 Å². The number of halogens is 3. The minimum Gasteiger partial charge on any atom is -0.467 e. The third-order valence-electron chi connectivity index (χ3n) is 5.03. The van der Waals surface area contributed by atoms with Crippen LogP contribution in [0.25, 0.3) is 0 Å². The molecule has 0 radical (unpaired) electrons. The Bertz CT molecular complexity index is 1020. The van der Waals surface area contributed by atoms with Crippen LogP contribution in [0.5, 0.6) is 0 Å². The van der Waals surface area contributed by atoms with Gasteiger partial charge in [0, 0.05) is 18.2 Å². The number of fused-ring (bicyclic) bond motifs is 1. The smallest absolute Gasteiger partial charge is 0.410 e. The number of aromatic nitrogens is 2. The number of benzene rings is 1. The molecule has 152 valence electrons. The molecule has 4 rings (SSSR count). The maximum atomic E-state index is 13.7. The Morgan fingerprint density at radius 2 is 1.97 bits per heavy atom. The number of amides is 1. The van der Waals surface area contributed by atoms with Gasteiger partial charge in [-0.25, -0.2) is 4.68 Å². The summed E-state index contributed by atoms with van der Waals surface area (Å²) in [5, 5.41) is 9.71. The first kappa shape index (κ1) is 19.1. The van der Waals surface area contributed by atoms with Crippen LogP contribution in [0, 0.1) is 13.8 Å². The van der Waals surface area contributed by atoms with E-state index in [4.69, 9.17) is 4.42 Å². The predicted molar refractivity (Wildman–Crippen MR) is 101 cm³/mol. The standard InChI is InChI=1S/C20H19F3N4O2/c1-11-5-3-6-12(2)18(11)25-19(28)14-10-17-24-13(15-7-4-8-29-15)9-16(20(21,22)23)27(17)26-14/h3-8,10,13,16,24H,9H2,1-2H3,(H,25,28)/t13-,16-/m1/s1. The van der Waals surface area contributed by atoms with Crippen molar-refractivity contribution >= 4 is 17.4 Å². The number of aryl methyl sites for hydroxylation is 2. The van der Waals surface area contributed by atoms with Gasteiger partial charge in [0.1, 0.15) is 11.6 Å². The number of carbonyl (C=O) groups is 1. The third kappa shape index (κ3) is 3.59. The Kier molecular flexibility index (Phi) is 4.60. The Morgan fingerprint density at radius 1 is 1.24 bits per heavy atom. The molecule has 0 spiro atoms. The quantitative estimate of drug-likeness (QED) is 0.644. The van der Waals surface area contributed by atoms with E-state index in [1.165, 1.54) is 12.3 Å². The van der Waals surface area contributed by atoms with Crippen molar-refractivity contribution in [3.05, 3.63) is 65.2 Å². The molecule has 0 unspecified atom stereocenters. The molecule has 9 heteroatoms. The number of alkyl halides is 3. The first-order valence-electron chi connectivity index (χ1n) is 9.08. The molecule has 0 aliphatic carbocycles. The van der Waals surface area contributed by atoms with Gasteiger partial charge in [0.05, 0.1) is 12.3 Å². The van der Waals surface area contributed by atoms with Gasteiger partial charge >= 0.3 is 6.18 Å². The van der Waals surface area contributed by atoms with Crippen molar-refractivity contribution in [2.45, 2.75) is 38.5 Å². The summed E-state index contributed by atoms with van der Waals surface area (Å²) in [4.78, 5) is 12.7. The Morgan fingerprint density at radius 3 is 2.59 bits per heavy atom. The number of anilines is 2. The molecule has 2 atom stereocenters. The van der Waals surface area contributed by atoms with Crippen LogP contribution in [0.1, 0.15) is 45.9 Å². The van der Waals surface area contributed by atoms with E-state index in [9.17, 15) is 18.0 Å². The molecule has 29 heavy (non-hydrogen) atoms. The second kappa shape index (κ2) is 6.98. The van der Waals surface area contributed by atoms with Gasteiger partial charge in [-0.3, -0.25) is 4.79 Å². The zero-order valence-corrected chi connectivity index (χ0v) is 15.7. The average molecular weight is 404 g/mol. The highest BCUT2D eigenvalue weighted by molar-refractivity contribution is 6.04. The van der Waals surface area contributed by atoms with Gasteiger partial charge in [0.15, 0.2) is 11.7 Å². The summed E-state index contributed by atoms with van der Waals surface area (Å²) >= 11 is 0. The highest BCUT2D eigenvalue weighted by Gasteiger charge is 2.47. The SMILES string of the molecule is Cc1cccc(C)c1NC(=O)c1cc2n(n1)[C@@H](C(F)(F)F)C[C@H](c1ccco1)N2. The van der Waals surface area contributed by atoms with Gasteiger partial charge in [-0.05, 0) is 37.1 Å². The van der Waals surface area contributed by atoms with Gasteiger partial charge in [0.25, 0.3) is 5.91 Å². The summed E-state index contributed by atoms with van der Waals surface area (Å²) in [6, 6.07) is 7.58. The van der Waals surface area contributed by atoms with Crippen molar-refractivity contribution in [2.24, 2.45) is 0 Å². The van der Waals surface area contributed by atoms with Gasteiger partial charge in [-0.1, -0.05) is 18.2 Å². The predicted octanol–water partition coefficient (Wildman–Crippen LogP) is 5.01. The summed E-state index contributed by atoms with van der Waals surface area (Å²) in [6.07, 6.45) is -3.40. The van der Waals surface area contributed by atoms with Crippen LogP contribution < -0.4 is 10.6 Å². The lowest BCUT2D eigenvalue weighted by Crippen LogP contribution is -2.35. The zero-order chi connectivity index (χ0) is 20.8. The van der Waals surface area contributed by atoms with E-state index in [-0.39, 0.29) is 17.9 Å². The van der Waals surface area contributed by atoms with Crippen molar-refractivity contribution in [3.8, 4) is 0 Å². The monoisotopic (exact) mass is 404 g/mol. The fourth-order valence-electron chi connectivity index (χ4n) is 3.55. The van der Waals surface area contributed by atoms with E-state index in [1.54, 1.807) is 12.1 Å². The van der Waals surface area contributed by atoms with Crippen LogP contribution in [0.4, 0.5) is 24.7 Å². The minimum absolute atomic E-state index is 0.0931. The summed E-state index contributed by atoms with van der Waals surface area (Å²) in [5.41, 5.74) is 2.24. The Hall–Kier alpha value is -3.23. The van der Waals surface area contributed by atoms with Crippen LogP contribution >= 0.6 is 0 Å². The lowest BCUT2D eigenvalue weighted by molar-refractivity contribution is -0.174. The molecular formula is C20H19F3N4O2. The van der Waals surface area contributed by atoms with Gasteiger partial charge in [-0.15, -0.1) is 0 Å². The summed E-state index contributed by atoms with van der Waals surface area (Å²) in [5.74, 6) is -0.0542. The number of hydrogen-bond acceptors (Lipinski definition) is 4. The molecule has 0 saturated heterocycles. The maximum Gasteiger partial charge on any atom is 0.410 e. The number of hydrogen-bond donors (Lipinski definition) is 2. The van der Waals surface area contributed by atoms with Crippen LogP contribution in [0.15, 0.2) is 47.1 Å². The number of nitrogens with one attached hydrogen (secondary N) is 2. The second-order valence-corrected chi connectivity index (χ2v) is 7.09. The number of carbonyl (C=O) groups excluding carboxylic acids is 1. The molecule has 1 aromatic carbocycles. The Labute approximate surface area is 164 Å². The van der Waals surface area contributed by atoms with Crippen molar-refractivity contribution in [1.82, 2.24) is 9.78 Å². The molecule has 0 saturated carbocycles. The molecule has 1 aliphatic rings. The number of rotatable bonds is 3. The molecular weight excluding hydrogens is 385 g/mol. The van der Waals surface area contributed by atoms with Crippen molar-refractivity contribution < 1.29 is 22.4 Å². The highest BCUT2D eigenvalue weighted by Crippen LogP contribution is 2.43. The van der Waals surface area contributed by atoms with Crippen molar-refractivity contribution in [1.29, 1.82) is 0 Å². The molecule has 0 fully saturated rings. The Balaban J connectivity index is 1.66. The van der Waals surface area contributed by atoms with E-state index >= 15 is 0 Å². The molecule has 6 nitrogen and oxygen atoms in total. The topological polar surface area (TPSA) is 72.1 Å². The van der Waals surface area contributed by atoms with Crippen molar-refractivity contribution in [3.63, 3.8) is 0 Å². The summed E-state index contributed by atoms with van der Waals surface area (Å²) in [6.45, 7) is 3.69. The van der Waals surface area contributed by atoms with E-state index < -0.39 is 24.2 Å².